The van der Waals surface area contributed by atoms with Crippen LogP contribution < -0.4 is 18.9 Å². The summed E-state index contributed by atoms with van der Waals surface area (Å²) < 4.78 is 84.1. The maximum Gasteiger partial charge on any atom is 1.00 e. The van der Waals surface area contributed by atoms with Gasteiger partial charge in [-0.3, -0.25) is 0 Å². The molecule has 1 rings (SSSR count). The van der Waals surface area contributed by atoms with Gasteiger partial charge in [-0.15, -0.1) is 23.2 Å². The Bertz CT molecular complexity index is 470. The minimum absolute atomic E-state index is 0. The zero-order chi connectivity index (χ0) is 24.8. The summed E-state index contributed by atoms with van der Waals surface area (Å²) >= 11 is 9.53. The summed E-state index contributed by atoms with van der Waals surface area (Å²) in [7, 11) is -17.7. The Morgan fingerprint density at radius 3 is 0.742 bits per heavy atom. The summed E-state index contributed by atoms with van der Waals surface area (Å²) in [4.78, 5) is 0. The van der Waals surface area contributed by atoms with Crippen molar-refractivity contribution in [3.05, 3.63) is 0 Å². The monoisotopic (exact) mass is 588 g/mol. The fourth-order valence-corrected chi connectivity index (χ4v) is 11.0. The molecule has 0 radical (unpaired) electrons. The Balaban J connectivity index is -0.000000599. The molecule has 188 valence electrons. The zero-order valence-corrected chi connectivity index (χ0v) is 26.0. The summed E-state index contributed by atoms with van der Waals surface area (Å²) in [6.45, 7) is 20.9. The number of hydrogen-bond acceptors (Lipinski definition) is 4. The molecule has 0 aromatic heterocycles. The van der Waals surface area contributed by atoms with E-state index >= 15 is 0 Å². The number of rotatable bonds is 0. The van der Waals surface area contributed by atoms with Crippen LogP contribution in [0, 0.1) is 0 Å². The van der Waals surface area contributed by atoms with Crippen molar-refractivity contribution in [2.75, 3.05) is 31.8 Å². The molecule has 0 unspecified atom stereocenters. The summed E-state index contributed by atoms with van der Waals surface area (Å²) in [5.41, 5.74) is 0. The standard InChI is InChI=1S/C12H32O4Si4.CH2Cl2.F6P.Li/c1-17(2)13-9-10-15-19(5,6)20(7,8)16-12-11-14-18(17,3)4;2-1-3;1-7(2,3,4,5)6;/h9-12H2,1-8H3;1H2;;/q;;-1;+1. The first-order valence-electron chi connectivity index (χ1n) is 9.02. The Labute approximate surface area is 207 Å². The molecule has 0 atom stereocenters. The van der Waals surface area contributed by atoms with Crippen LogP contribution in [0.4, 0.5) is 25.2 Å². The number of halogens is 8. The van der Waals surface area contributed by atoms with E-state index in [1.165, 1.54) is 0 Å². The minimum atomic E-state index is -10.7. The van der Waals surface area contributed by atoms with Crippen molar-refractivity contribution in [3.63, 3.8) is 0 Å². The minimum Gasteiger partial charge on any atom is 1.00 e. The molecule has 0 aliphatic carbocycles. The first-order valence-corrected chi connectivity index (χ1v) is 25.8. The largest absolute Gasteiger partial charge is 1.00 e. The SMILES string of the molecule is C[Si]1(C)OCCO[Si](C)(C)[Si](C)(C)OCCO[Si]1(C)C.ClCCl.F[P-](F)(F)(F)(F)F.[Li+]. The van der Waals surface area contributed by atoms with E-state index in [0.717, 1.165) is 0 Å². The predicted octanol–water partition coefficient (Wildman–Crippen LogP) is 4.85. The average molecular weight is 590 g/mol. The van der Waals surface area contributed by atoms with Gasteiger partial charge in [-0.05, 0) is 52.4 Å². The topological polar surface area (TPSA) is 36.9 Å². The van der Waals surface area contributed by atoms with Crippen molar-refractivity contribution in [3.8, 4) is 0 Å². The maximum absolute atomic E-state index is 10.7. The third kappa shape index (κ3) is 19.8. The van der Waals surface area contributed by atoms with Crippen molar-refractivity contribution < 1.29 is 61.7 Å². The molecule has 1 aliphatic rings. The molecule has 0 aromatic carbocycles. The first-order chi connectivity index (χ1) is 12.8. The van der Waals surface area contributed by atoms with Crippen molar-refractivity contribution in [1.29, 1.82) is 0 Å². The van der Waals surface area contributed by atoms with Gasteiger partial charge in [-0.2, -0.15) is 0 Å². The van der Waals surface area contributed by atoms with Crippen LogP contribution >= 0.6 is 31.0 Å². The molecule has 0 spiro atoms. The van der Waals surface area contributed by atoms with Crippen LogP contribution in [0.15, 0.2) is 0 Å². The average Bonchev–Trinajstić information content (AvgIpc) is 2.44. The van der Waals surface area contributed by atoms with Crippen LogP contribution in [0.25, 0.3) is 0 Å². The van der Waals surface area contributed by atoms with Gasteiger partial charge < -0.3 is 17.7 Å². The van der Waals surface area contributed by atoms with Gasteiger partial charge in [0, 0.05) is 0 Å². The number of alkyl halides is 2. The third-order valence-corrected chi connectivity index (χ3v) is 33.6. The third-order valence-electron chi connectivity index (χ3n) is 4.92. The zero-order valence-electron chi connectivity index (χ0n) is 19.6. The second-order valence-corrected chi connectivity index (χ2v) is 38.9. The molecule has 0 N–H and O–H groups in total. The van der Waals surface area contributed by atoms with E-state index in [1.807, 2.05) is 0 Å². The van der Waals surface area contributed by atoms with Gasteiger partial charge in [0.15, 0.2) is 0 Å². The fraction of sp³-hybridized carbons (Fsp3) is 1.00. The molecule has 1 saturated heterocycles. The van der Waals surface area contributed by atoms with Crippen LogP contribution in [0.3, 0.4) is 0 Å². The molecule has 1 aliphatic heterocycles. The summed E-state index contributed by atoms with van der Waals surface area (Å²) in [6.07, 6.45) is 0. The second-order valence-electron chi connectivity index (χ2n) is 8.49. The molecule has 31 heavy (non-hydrogen) atoms. The van der Waals surface area contributed by atoms with Gasteiger partial charge in [0.2, 0.25) is 31.3 Å². The second kappa shape index (κ2) is 12.2. The van der Waals surface area contributed by atoms with E-state index in [1.54, 1.807) is 0 Å². The maximum atomic E-state index is 9.87. The molecule has 0 amide bonds. The normalized spacial score (nSPS) is 25.2. The molecule has 1 fully saturated rings. The molecular formula is C13H34Cl2F6LiO4PSi4. The van der Waals surface area contributed by atoms with Gasteiger partial charge in [0.25, 0.3) is 0 Å². The molecular weight excluding hydrogens is 555 g/mol. The van der Waals surface area contributed by atoms with E-state index in [0.29, 0.717) is 26.4 Å². The Morgan fingerprint density at radius 1 is 0.548 bits per heavy atom. The molecule has 18 heteroatoms. The van der Waals surface area contributed by atoms with Crippen molar-refractivity contribution in [2.24, 2.45) is 0 Å². The quantitative estimate of drug-likeness (QED) is 0.175. The summed E-state index contributed by atoms with van der Waals surface area (Å²) in [5.74, 6) is 0. The Kier molecular flexibility index (Phi) is 14.8. The van der Waals surface area contributed by atoms with Gasteiger partial charge >= 0.3 is 51.9 Å². The molecule has 1 heterocycles. The van der Waals surface area contributed by atoms with Crippen LogP contribution in [-0.2, 0) is 17.7 Å². The van der Waals surface area contributed by atoms with Gasteiger partial charge in [-0.25, -0.2) is 0 Å². The van der Waals surface area contributed by atoms with E-state index < -0.39 is 39.1 Å². The van der Waals surface area contributed by atoms with Gasteiger partial charge in [0.1, 0.15) is 0 Å². The van der Waals surface area contributed by atoms with Crippen LogP contribution in [0.2, 0.25) is 52.4 Å². The van der Waals surface area contributed by atoms with Crippen LogP contribution in [0.5, 0.6) is 0 Å². The molecule has 0 saturated carbocycles. The Morgan fingerprint density at radius 2 is 0.645 bits per heavy atom. The van der Waals surface area contributed by atoms with E-state index in [9.17, 15) is 25.2 Å². The molecule has 4 nitrogen and oxygen atoms in total. The first kappa shape index (κ1) is 37.4. The fourth-order valence-electron chi connectivity index (χ4n) is 1.88. The predicted molar refractivity (Wildman–Crippen MR) is 124 cm³/mol. The summed E-state index contributed by atoms with van der Waals surface area (Å²) in [5, 5.41) is 0.194. The molecule has 0 bridgehead atoms. The molecule has 0 aromatic rings. The van der Waals surface area contributed by atoms with E-state index in [2.05, 4.69) is 52.4 Å². The Hall–Kier alpha value is 1.89. The smallest absolute Gasteiger partial charge is 1.00 e. The van der Waals surface area contributed by atoms with E-state index in [-0.39, 0.29) is 24.2 Å². The van der Waals surface area contributed by atoms with Crippen molar-refractivity contribution in [2.45, 2.75) is 52.4 Å². The van der Waals surface area contributed by atoms with Crippen LogP contribution in [-0.4, -0.2) is 63.1 Å². The van der Waals surface area contributed by atoms with Gasteiger partial charge in [0.05, 0.1) is 31.8 Å². The van der Waals surface area contributed by atoms with Crippen LogP contribution in [0.1, 0.15) is 0 Å². The van der Waals surface area contributed by atoms with Crippen molar-refractivity contribution in [1.82, 2.24) is 0 Å². The summed E-state index contributed by atoms with van der Waals surface area (Å²) in [6, 6.07) is 0. The number of hydrogen-bond donors (Lipinski definition) is 0. The van der Waals surface area contributed by atoms with E-state index in [4.69, 9.17) is 40.9 Å². The van der Waals surface area contributed by atoms with Gasteiger partial charge in [-0.1, -0.05) is 0 Å². The van der Waals surface area contributed by atoms with Crippen molar-refractivity contribution >= 4 is 62.4 Å².